The van der Waals surface area contributed by atoms with Crippen LogP contribution in [0.2, 0.25) is 0 Å². The first-order chi connectivity index (χ1) is 6.63. The molecular weight excluding hydrogens is 328 g/mol. The first-order valence-corrected chi connectivity index (χ1v) is 6.57. The summed E-state index contributed by atoms with van der Waals surface area (Å²) < 4.78 is 2.26. The number of rotatable bonds is 4. The van der Waals surface area contributed by atoms with Crippen LogP contribution in [0.3, 0.4) is 0 Å². The van der Waals surface area contributed by atoms with Crippen molar-refractivity contribution in [3.63, 3.8) is 0 Å². The zero-order chi connectivity index (χ0) is 10.6. The Morgan fingerprint density at radius 2 is 2.36 bits per heavy atom. The minimum absolute atomic E-state index is 0.0656. The molecule has 0 saturated carbocycles. The highest BCUT2D eigenvalue weighted by Crippen LogP contribution is 2.31. The summed E-state index contributed by atoms with van der Waals surface area (Å²) in [5.74, 6) is 0.0656. The summed E-state index contributed by atoms with van der Waals surface area (Å²) in [6.45, 7) is 3.44. The van der Waals surface area contributed by atoms with Crippen molar-refractivity contribution >= 4 is 43.2 Å². The van der Waals surface area contributed by atoms with E-state index in [1.165, 1.54) is 5.56 Å². The lowest BCUT2D eigenvalue weighted by atomic mass is 10.2. The lowest BCUT2D eigenvalue weighted by Gasteiger charge is -2.04. The van der Waals surface area contributed by atoms with E-state index in [-0.39, 0.29) is 5.92 Å². The molecule has 0 aliphatic heterocycles. The van der Waals surface area contributed by atoms with E-state index in [1.54, 1.807) is 11.3 Å². The van der Waals surface area contributed by atoms with Gasteiger partial charge in [0.2, 0.25) is 0 Å². The third kappa shape index (κ3) is 3.70. The van der Waals surface area contributed by atoms with Gasteiger partial charge in [-0.3, -0.25) is 0 Å². The van der Waals surface area contributed by atoms with Crippen LogP contribution in [0.5, 0.6) is 0 Å². The molecule has 0 aliphatic carbocycles. The van der Waals surface area contributed by atoms with Crippen molar-refractivity contribution < 1.29 is 0 Å². The molecule has 0 radical (unpaired) electrons. The predicted molar refractivity (Wildman–Crippen MR) is 66.2 cm³/mol. The molecule has 0 saturated heterocycles. The molecule has 0 aliphatic rings. The van der Waals surface area contributed by atoms with Crippen molar-refractivity contribution in [3.05, 3.63) is 19.2 Å². The van der Waals surface area contributed by atoms with Crippen LogP contribution in [0.1, 0.15) is 12.5 Å². The van der Waals surface area contributed by atoms with E-state index in [0.717, 1.165) is 20.7 Å². The minimum atomic E-state index is 0.0656. The molecule has 0 bridgehead atoms. The Hall–Kier alpha value is 0.110. The molecule has 1 N–H and O–H groups in total. The largest absolute Gasteiger partial charge is 0.311 e. The Balaban J connectivity index is 2.39. The fraction of sp³-hybridized carbons (Fsp3) is 0.444. The van der Waals surface area contributed by atoms with E-state index in [0.29, 0.717) is 0 Å². The Morgan fingerprint density at radius 1 is 1.64 bits per heavy atom. The summed E-state index contributed by atoms with van der Waals surface area (Å²) in [5.41, 5.74) is 1.23. The summed E-state index contributed by atoms with van der Waals surface area (Å²) in [7, 11) is 0. The number of hydrogen-bond donors (Lipinski definition) is 1. The van der Waals surface area contributed by atoms with Crippen LogP contribution in [0.25, 0.3) is 0 Å². The predicted octanol–water partition coefficient (Wildman–Crippen LogP) is 3.52. The monoisotopic (exact) mass is 336 g/mol. The van der Waals surface area contributed by atoms with Gasteiger partial charge in [0.25, 0.3) is 0 Å². The molecule has 1 unspecified atom stereocenters. The molecule has 2 nitrogen and oxygen atoms in total. The van der Waals surface area contributed by atoms with Crippen molar-refractivity contribution in [2.24, 2.45) is 5.92 Å². The average Bonchev–Trinajstić information content (AvgIpc) is 2.45. The van der Waals surface area contributed by atoms with Gasteiger partial charge in [-0.25, -0.2) is 0 Å². The molecule has 76 valence electrons. The van der Waals surface area contributed by atoms with Gasteiger partial charge in [0.15, 0.2) is 0 Å². The highest BCUT2D eigenvalue weighted by Gasteiger charge is 2.05. The minimum Gasteiger partial charge on any atom is -0.311 e. The average molecular weight is 338 g/mol. The van der Waals surface area contributed by atoms with E-state index in [4.69, 9.17) is 5.26 Å². The number of halogens is 2. The van der Waals surface area contributed by atoms with E-state index >= 15 is 0 Å². The van der Waals surface area contributed by atoms with Crippen molar-refractivity contribution in [3.8, 4) is 6.07 Å². The van der Waals surface area contributed by atoms with Crippen LogP contribution in [0.4, 0.5) is 0 Å². The van der Waals surface area contributed by atoms with Crippen molar-refractivity contribution in [2.45, 2.75) is 13.5 Å². The molecular formula is C9H10Br2N2S. The summed E-state index contributed by atoms with van der Waals surface area (Å²) in [5, 5.41) is 11.8. The van der Waals surface area contributed by atoms with Gasteiger partial charge in [-0.2, -0.15) is 5.26 Å². The number of nitrogens with one attached hydrogen (secondary N) is 1. The lowest BCUT2D eigenvalue weighted by molar-refractivity contribution is 0.601. The van der Waals surface area contributed by atoms with Crippen LogP contribution < -0.4 is 5.32 Å². The van der Waals surface area contributed by atoms with Crippen LogP contribution in [0.15, 0.2) is 13.6 Å². The van der Waals surface area contributed by atoms with Gasteiger partial charge >= 0.3 is 0 Å². The highest BCUT2D eigenvalue weighted by atomic mass is 79.9. The maximum atomic E-state index is 8.59. The molecule has 14 heavy (non-hydrogen) atoms. The smallest absolute Gasteiger partial charge is 0.0755 e. The topological polar surface area (TPSA) is 35.8 Å². The van der Waals surface area contributed by atoms with Gasteiger partial charge in [0, 0.05) is 13.1 Å². The fourth-order valence-electron chi connectivity index (χ4n) is 0.964. The number of hydrogen-bond acceptors (Lipinski definition) is 3. The van der Waals surface area contributed by atoms with Crippen LogP contribution >= 0.6 is 43.2 Å². The maximum Gasteiger partial charge on any atom is 0.0755 e. The molecule has 0 aromatic carbocycles. The summed E-state index contributed by atoms with van der Waals surface area (Å²) in [6.07, 6.45) is 0. The van der Waals surface area contributed by atoms with Crippen molar-refractivity contribution in [1.82, 2.24) is 5.32 Å². The Morgan fingerprint density at radius 3 is 2.86 bits per heavy atom. The zero-order valence-electron chi connectivity index (χ0n) is 7.68. The lowest BCUT2D eigenvalue weighted by Crippen LogP contribution is -2.19. The fourth-order valence-corrected chi connectivity index (χ4v) is 3.79. The number of thiophene rings is 1. The zero-order valence-corrected chi connectivity index (χ0v) is 11.7. The van der Waals surface area contributed by atoms with E-state index in [2.05, 4.69) is 49.3 Å². The van der Waals surface area contributed by atoms with Crippen molar-refractivity contribution in [1.29, 1.82) is 5.26 Å². The van der Waals surface area contributed by atoms with Gasteiger partial charge in [0.1, 0.15) is 0 Å². The molecule has 0 amide bonds. The van der Waals surface area contributed by atoms with Gasteiger partial charge in [0.05, 0.1) is 19.6 Å². The molecule has 0 fully saturated rings. The van der Waals surface area contributed by atoms with Gasteiger partial charge in [-0.1, -0.05) is 0 Å². The standard InChI is InChI=1S/C9H10Br2N2S/c1-6(3-12)4-13-5-7-2-8(10)14-9(7)11/h2,6,13H,4-5H2,1H3. The molecule has 1 atom stereocenters. The van der Waals surface area contributed by atoms with Crippen LogP contribution in [-0.2, 0) is 6.54 Å². The van der Waals surface area contributed by atoms with Gasteiger partial charge in [-0.05, 0) is 50.4 Å². The quantitative estimate of drug-likeness (QED) is 0.912. The van der Waals surface area contributed by atoms with Crippen LogP contribution in [-0.4, -0.2) is 6.54 Å². The summed E-state index contributed by atoms with van der Waals surface area (Å²) >= 11 is 8.57. The van der Waals surface area contributed by atoms with Crippen molar-refractivity contribution in [2.75, 3.05) is 6.54 Å². The summed E-state index contributed by atoms with van der Waals surface area (Å²) in [6, 6.07) is 4.27. The molecule has 1 heterocycles. The Labute approximate surface area is 105 Å². The third-order valence-electron chi connectivity index (χ3n) is 1.71. The second-order valence-electron chi connectivity index (χ2n) is 3.01. The van der Waals surface area contributed by atoms with Crippen LogP contribution in [0, 0.1) is 17.2 Å². The van der Waals surface area contributed by atoms with E-state index in [9.17, 15) is 0 Å². The Bertz CT molecular complexity index is 343. The first-order valence-electron chi connectivity index (χ1n) is 4.17. The highest BCUT2D eigenvalue weighted by molar-refractivity contribution is 9.12. The Kier molecular flexibility index (Phi) is 5.10. The van der Waals surface area contributed by atoms with E-state index < -0.39 is 0 Å². The maximum absolute atomic E-state index is 8.59. The molecule has 5 heteroatoms. The third-order valence-corrected chi connectivity index (χ3v) is 4.18. The molecule has 1 aromatic rings. The molecule has 1 rings (SSSR count). The first kappa shape index (κ1) is 12.2. The van der Waals surface area contributed by atoms with Gasteiger partial charge < -0.3 is 5.32 Å². The van der Waals surface area contributed by atoms with E-state index in [1.807, 2.05) is 6.92 Å². The van der Waals surface area contributed by atoms with Gasteiger partial charge in [-0.15, -0.1) is 11.3 Å². The second kappa shape index (κ2) is 5.86. The number of nitrogens with zero attached hydrogens (tertiary/aromatic N) is 1. The second-order valence-corrected chi connectivity index (χ2v) is 6.76. The summed E-state index contributed by atoms with van der Waals surface area (Å²) in [4.78, 5) is 0. The number of nitriles is 1. The normalized spacial score (nSPS) is 12.4. The molecule has 1 aromatic heterocycles. The molecule has 0 spiro atoms. The SMILES string of the molecule is CC(C#N)CNCc1cc(Br)sc1Br.